The second kappa shape index (κ2) is 14.7. The molecule has 3 N–H and O–H groups in total. The van der Waals surface area contributed by atoms with Gasteiger partial charge in [0.25, 0.3) is 0 Å². The number of hydrogen-bond donors (Lipinski definition) is 3. The third-order valence-electron chi connectivity index (χ3n) is 6.15. The smallest absolute Gasteiger partial charge is 0.227 e. The quantitative estimate of drug-likeness (QED) is 0.210. The van der Waals surface area contributed by atoms with Gasteiger partial charge in [-0.1, -0.05) is 38.8 Å². The Bertz CT molecular complexity index is 690. The number of guanidine groups is 1. The summed E-state index contributed by atoms with van der Waals surface area (Å²) in [5.74, 6) is 0.915. The SMILES string of the molecule is CCNC(=NCc1cccc(NC(=O)C(C)CC)c1)NCC1(CCOC)CCCC1.I. The van der Waals surface area contributed by atoms with Crippen molar-refractivity contribution in [2.24, 2.45) is 16.3 Å². The van der Waals surface area contributed by atoms with Gasteiger partial charge in [-0.05, 0) is 55.7 Å². The van der Waals surface area contributed by atoms with E-state index >= 15 is 0 Å². The van der Waals surface area contributed by atoms with Gasteiger partial charge in [-0.2, -0.15) is 0 Å². The van der Waals surface area contributed by atoms with Crippen LogP contribution in [0, 0.1) is 11.3 Å². The molecule has 1 unspecified atom stereocenters. The van der Waals surface area contributed by atoms with Crippen molar-refractivity contribution in [2.75, 3.05) is 32.1 Å². The standard InChI is InChI=1S/C24H40N4O2.HI/c1-5-19(3)22(29)28-21-11-9-10-20(16-21)17-26-23(25-6-2)27-18-24(14-15-30-4)12-7-8-13-24;/h9-11,16,19H,5-8,12-15,17-18H2,1-4H3,(H,28,29)(H2,25,26,27);1H. The molecule has 1 saturated carbocycles. The average Bonchev–Trinajstić information content (AvgIpc) is 3.23. The number of anilines is 1. The van der Waals surface area contributed by atoms with E-state index in [0.717, 1.165) is 49.7 Å². The van der Waals surface area contributed by atoms with Crippen molar-refractivity contribution in [1.82, 2.24) is 10.6 Å². The lowest BCUT2D eigenvalue weighted by atomic mass is 9.83. The number of aliphatic imine (C=N–C) groups is 1. The van der Waals surface area contributed by atoms with E-state index in [0.29, 0.717) is 12.0 Å². The zero-order valence-corrected chi connectivity index (χ0v) is 22.0. The fourth-order valence-corrected chi connectivity index (χ4v) is 3.94. The van der Waals surface area contributed by atoms with Crippen LogP contribution in [-0.4, -0.2) is 38.7 Å². The van der Waals surface area contributed by atoms with Gasteiger partial charge in [-0.25, -0.2) is 4.99 Å². The second-order valence-corrected chi connectivity index (χ2v) is 8.50. The first-order chi connectivity index (χ1) is 14.5. The zero-order chi connectivity index (χ0) is 21.8. The highest BCUT2D eigenvalue weighted by Gasteiger charge is 2.33. The molecule has 0 heterocycles. The van der Waals surface area contributed by atoms with E-state index in [1.165, 1.54) is 25.7 Å². The van der Waals surface area contributed by atoms with E-state index in [4.69, 9.17) is 9.73 Å². The molecule has 7 heteroatoms. The number of methoxy groups -OCH3 is 1. The lowest BCUT2D eigenvalue weighted by molar-refractivity contribution is -0.119. The summed E-state index contributed by atoms with van der Waals surface area (Å²) >= 11 is 0. The van der Waals surface area contributed by atoms with Crippen LogP contribution in [-0.2, 0) is 16.1 Å². The molecule has 1 amide bonds. The van der Waals surface area contributed by atoms with Gasteiger partial charge in [-0.15, -0.1) is 24.0 Å². The Hall–Kier alpha value is -1.35. The van der Waals surface area contributed by atoms with Gasteiger partial charge in [-0.3, -0.25) is 4.79 Å². The highest BCUT2D eigenvalue weighted by molar-refractivity contribution is 14.0. The molecule has 1 atom stereocenters. The molecule has 1 fully saturated rings. The van der Waals surface area contributed by atoms with E-state index in [1.54, 1.807) is 7.11 Å². The molecule has 176 valence electrons. The van der Waals surface area contributed by atoms with Gasteiger partial charge in [0.2, 0.25) is 5.91 Å². The first-order valence-corrected chi connectivity index (χ1v) is 11.4. The van der Waals surface area contributed by atoms with Gasteiger partial charge in [0.15, 0.2) is 5.96 Å². The van der Waals surface area contributed by atoms with Crippen LogP contribution < -0.4 is 16.0 Å². The molecule has 31 heavy (non-hydrogen) atoms. The summed E-state index contributed by atoms with van der Waals surface area (Å²) in [6, 6.07) is 7.94. The highest BCUT2D eigenvalue weighted by Crippen LogP contribution is 2.40. The van der Waals surface area contributed by atoms with Crippen molar-refractivity contribution in [3.63, 3.8) is 0 Å². The fourth-order valence-electron chi connectivity index (χ4n) is 3.94. The number of amides is 1. The monoisotopic (exact) mass is 544 g/mol. The molecular weight excluding hydrogens is 503 g/mol. The van der Waals surface area contributed by atoms with Gasteiger partial charge in [0.1, 0.15) is 0 Å². The van der Waals surface area contributed by atoms with Crippen LogP contribution in [0.2, 0.25) is 0 Å². The summed E-state index contributed by atoms with van der Waals surface area (Å²) in [7, 11) is 1.78. The molecule has 2 rings (SSSR count). The maximum atomic E-state index is 12.2. The van der Waals surface area contributed by atoms with Crippen LogP contribution >= 0.6 is 24.0 Å². The van der Waals surface area contributed by atoms with Crippen molar-refractivity contribution < 1.29 is 9.53 Å². The van der Waals surface area contributed by atoms with Gasteiger partial charge >= 0.3 is 0 Å². The van der Waals surface area contributed by atoms with Crippen LogP contribution in [0.5, 0.6) is 0 Å². The third kappa shape index (κ3) is 9.35. The van der Waals surface area contributed by atoms with Crippen molar-refractivity contribution in [3.05, 3.63) is 29.8 Å². The summed E-state index contributed by atoms with van der Waals surface area (Å²) in [5.41, 5.74) is 2.21. The van der Waals surface area contributed by atoms with Gasteiger partial charge in [0.05, 0.1) is 6.54 Å². The number of nitrogens with one attached hydrogen (secondary N) is 3. The molecule has 0 saturated heterocycles. The van der Waals surface area contributed by atoms with Crippen LogP contribution in [0.1, 0.15) is 64.9 Å². The summed E-state index contributed by atoms with van der Waals surface area (Å²) < 4.78 is 5.35. The summed E-state index contributed by atoms with van der Waals surface area (Å²) in [6.45, 7) is 9.17. The molecule has 1 aliphatic carbocycles. The number of carbonyl (C=O) groups is 1. The van der Waals surface area contributed by atoms with E-state index in [9.17, 15) is 4.79 Å². The van der Waals surface area contributed by atoms with E-state index in [-0.39, 0.29) is 35.8 Å². The van der Waals surface area contributed by atoms with Gasteiger partial charge < -0.3 is 20.7 Å². The van der Waals surface area contributed by atoms with Gasteiger partial charge in [0, 0.05) is 38.4 Å². The van der Waals surface area contributed by atoms with Crippen molar-refractivity contribution in [1.29, 1.82) is 0 Å². The van der Waals surface area contributed by atoms with E-state index < -0.39 is 0 Å². The maximum Gasteiger partial charge on any atom is 0.227 e. The molecule has 0 spiro atoms. The lowest BCUT2D eigenvalue weighted by Gasteiger charge is -2.30. The van der Waals surface area contributed by atoms with Crippen molar-refractivity contribution in [3.8, 4) is 0 Å². The Labute approximate surface area is 205 Å². The van der Waals surface area contributed by atoms with Crippen LogP contribution in [0.25, 0.3) is 0 Å². The number of ether oxygens (including phenoxy) is 1. The number of hydrogen-bond acceptors (Lipinski definition) is 3. The molecule has 6 nitrogen and oxygen atoms in total. The highest BCUT2D eigenvalue weighted by atomic mass is 127. The third-order valence-corrected chi connectivity index (χ3v) is 6.15. The maximum absolute atomic E-state index is 12.2. The first kappa shape index (κ1) is 27.7. The van der Waals surface area contributed by atoms with Crippen LogP contribution in [0.15, 0.2) is 29.3 Å². The zero-order valence-electron chi connectivity index (χ0n) is 19.6. The normalized spacial score (nSPS) is 16.3. The first-order valence-electron chi connectivity index (χ1n) is 11.4. The Balaban J connectivity index is 0.00000480. The predicted octanol–water partition coefficient (Wildman–Crippen LogP) is 4.94. The topological polar surface area (TPSA) is 74.8 Å². The molecule has 0 aliphatic heterocycles. The molecule has 0 aromatic heterocycles. The largest absolute Gasteiger partial charge is 0.385 e. The average molecular weight is 545 g/mol. The van der Waals surface area contributed by atoms with Crippen molar-refractivity contribution >= 4 is 41.5 Å². The summed E-state index contributed by atoms with van der Waals surface area (Å²) in [5, 5.41) is 9.93. The molecule has 1 aromatic carbocycles. The predicted molar refractivity (Wildman–Crippen MR) is 140 cm³/mol. The van der Waals surface area contributed by atoms with Crippen LogP contribution in [0.4, 0.5) is 5.69 Å². The molecule has 1 aromatic rings. The lowest BCUT2D eigenvalue weighted by Crippen LogP contribution is -2.43. The molecule has 0 radical (unpaired) electrons. The number of benzene rings is 1. The molecule has 0 bridgehead atoms. The minimum Gasteiger partial charge on any atom is -0.385 e. The van der Waals surface area contributed by atoms with Crippen molar-refractivity contribution in [2.45, 2.75) is 65.8 Å². The molecule has 1 aliphatic rings. The van der Waals surface area contributed by atoms with E-state index in [1.807, 2.05) is 38.1 Å². The second-order valence-electron chi connectivity index (χ2n) is 8.50. The van der Waals surface area contributed by atoms with E-state index in [2.05, 4.69) is 22.9 Å². The minimum absolute atomic E-state index is 0. The Morgan fingerprint density at radius 2 is 1.97 bits per heavy atom. The fraction of sp³-hybridized carbons (Fsp3) is 0.667. The summed E-state index contributed by atoms with van der Waals surface area (Å²) in [6.07, 6.45) is 7.02. The number of halogens is 1. The molecular formula is C24H41IN4O2. The van der Waals surface area contributed by atoms with Crippen LogP contribution in [0.3, 0.4) is 0 Å². The Kier molecular flexibility index (Phi) is 13.1. The number of rotatable bonds is 11. The summed E-state index contributed by atoms with van der Waals surface area (Å²) in [4.78, 5) is 16.9. The Morgan fingerprint density at radius 1 is 1.23 bits per heavy atom. The number of nitrogens with zero attached hydrogens (tertiary/aromatic N) is 1. The minimum atomic E-state index is 0. The Morgan fingerprint density at radius 3 is 2.61 bits per heavy atom. The number of carbonyl (C=O) groups excluding carboxylic acids is 1.